The van der Waals surface area contributed by atoms with Crippen molar-refractivity contribution in [1.29, 1.82) is 0 Å². The zero-order chi connectivity index (χ0) is 11.5. The molecule has 1 aromatic rings. The Balaban J connectivity index is 2.58. The summed E-state index contributed by atoms with van der Waals surface area (Å²) in [6.07, 6.45) is 5.69. The third-order valence-corrected chi connectivity index (χ3v) is 2.44. The van der Waals surface area contributed by atoms with Gasteiger partial charge >= 0.3 is 0 Å². The fraction of sp³-hybridized carbons (Fsp3) is 0.727. The second kappa shape index (κ2) is 4.77. The van der Waals surface area contributed by atoms with Gasteiger partial charge in [0.15, 0.2) is 0 Å². The largest absolute Gasteiger partial charge is 0.338 e. The Labute approximate surface area is 91.8 Å². The van der Waals surface area contributed by atoms with Crippen molar-refractivity contribution in [3.05, 3.63) is 18.2 Å². The van der Waals surface area contributed by atoms with Crippen molar-refractivity contribution >= 4 is 0 Å². The molecule has 86 valence electrons. The lowest BCUT2D eigenvalue weighted by Crippen LogP contribution is -2.40. The van der Waals surface area contributed by atoms with Crippen LogP contribution in [-0.2, 0) is 13.5 Å². The highest BCUT2D eigenvalue weighted by molar-refractivity contribution is 4.94. The zero-order valence-electron chi connectivity index (χ0n) is 10.1. The molecule has 0 amide bonds. The van der Waals surface area contributed by atoms with Crippen LogP contribution in [0, 0.1) is 5.41 Å². The number of nitrogens with one attached hydrogen (secondary N) is 1. The van der Waals surface area contributed by atoms with Gasteiger partial charge in [0.1, 0.15) is 5.82 Å². The van der Waals surface area contributed by atoms with Crippen molar-refractivity contribution in [2.45, 2.75) is 39.7 Å². The maximum atomic E-state index is 5.56. The maximum Gasteiger partial charge on any atom is 0.109 e. The van der Waals surface area contributed by atoms with Gasteiger partial charge in [0, 0.05) is 31.9 Å². The normalized spacial score (nSPS) is 14.2. The maximum absolute atomic E-state index is 5.56. The highest BCUT2D eigenvalue weighted by atomic mass is 15.2. The summed E-state index contributed by atoms with van der Waals surface area (Å²) < 4.78 is 2.03. The number of nitrogens with two attached hydrogens (primary N) is 1. The van der Waals surface area contributed by atoms with Crippen LogP contribution in [0.5, 0.6) is 0 Å². The number of hydrazine groups is 1. The van der Waals surface area contributed by atoms with E-state index in [4.69, 9.17) is 5.84 Å². The molecule has 1 unspecified atom stereocenters. The third-order valence-electron chi connectivity index (χ3n) is 2.44. The summed E-state index contributed by atoms with van der Waals surface area (Å²) in [5.41, 5.74) is 3.15. The molecule has 1 heterocycles. The minimum atomic E-state index is 0.280. The minimum absolute atomic E-state index is 0.280. The zero-order valence-corrected chi connectivity index (χ0v) is 10.1. The van der Waals surface area contributed by atoms with Crippen LogP contribution < -0.4 is 11.3 Å². The fourth-order valence-electron chi connectivity index (χ4n) is 1.74. The van der Waals surface area contributed by atoms with E-state index in [2.05, 4.69) is 31.2 Å². The van der Waals surface area contributed by atoms with Crippen molar-refractivity contribution < 1.29 is 0 Å². The van der Waals surface area contributed by atoms with Crippen molar-refractivity contribution in [2.24, 2.45) is 18.3 Å². The summed E-state index contributed by atoms with van der Waals surface area (Å²) in [7, 11) is 2.01. The minimum Gasteiger partial charge on any atom is -0.338 e. The Morgan fingerprint density at radius 3 is 2.60 bits per heavy atom. The Morgan fingerprint density at radius 1 is 1.53 bits per heavy atom. The molecule has 0 aliphatic carbocycles. The van der Waals surface area contributed by atoms with Gasteiger partial charge in [0.2, 0.25) is 0 Å². The van der Waals surface area contributed by atoms with Crippen molar-refractivity contribution in [1.82, 2.24) is 15.0 Å². The molecule has 0 aromatic carbocycles. The predicted molar refractivity (Wildman–Crippen MR) is 62.1 cm³/mol. The molecule has 0 fully saturated rings. The Bertz CT molecular complexity index is 298. The smallest absolute Gasteiger partial charge is 0.109 e. The molecule has 1 aromatic heterocycles. The van der Waals surface area contributed by atoms with E-state index >= 15 is 0 Å². The SMILES string of the molecule is Cn1ccnc1CC(CC(C)(C)C)NN. The molecule has 0 aliphatic rings. The monoisotopic (exact) mass is 210 g/mol. The number of aromatic nitrogens is 2. The van der Waals surface area contributed by atoms with Crippen LogP contribution in [0.15, 0.2) is 12.4 Å². The lowest BCUT2D eigenvalue weighted by molar-refractivity contribution is 0.305. The standard InChI is InChI=1S/C11H22N4/c1-11(2,3)8-9(14-12)7-10-13-5-6-15(10)4/h5-6,9,14H,7-8,12H2,1-4H3. The van der Waals surface area contributed by atoms with Crippen LogP contribution >= 0.6 is 0 Å². The summed E-state index contributed by atoms with van der Waals surface area (Å²) in [4.78, 5) is 4.30. The van der Waals surface area contributed by atoms with Crippen LogP contribution in [0.1, 0.15) is 33.0 Å². The summed E-state index contributed by atoms with van der Waals surface area (Å²) in [6.45, 7) is 6.65. The molecule has 0 saturated heterocycles. The first-order valence-corrected chi connectivity index (χ1v) is 5.35. The average Bonchev–Trinajstić information content (AvgIpc) is 2.48. The summed E-state index contributed by atoms with van der Waals surface area (Å²) in [5, 5.41) is 0. The molecule has 1 rings (SSSR count). The summed E-state index contributed by atoms with van der Waals surface area (Å²) in [6, 6.07) is 0.283. The third kappa shape index (κ3) is 4.01. The highest BCUT2D eigenvalue weighted by Crippen LogP contribution is 2.21. The number of imidazole rings is 1. The van der Waals surface area contributed by atoms with Crippen LogP contribution in [-0.4, -0.2) is 15.6 Å². The second-order valence-corrected chi connectivity index (χ2v) is 5.29. The molecule has 0 saturated carbocycles. The number of aryl methyl sites for hydroxylation is 1. The number of hydrogen-bond acceptors (Lipinski definition) is 3. The van der Waals surface area contributed by atoms with Crippen molar-refractivity contribution in [2.75, 3.05) is 0 Å². The fourth-order valence-corrected chi connectivity index (χ4v) is 1.74. The number of nitrogens with zero attached hydrogens (tertiary/aromatic N) is 2. The van der Waals surface area contributed by atoms with E-state index in [0.717, 1.165) is 18.7 Å². The van der Waals surface area contributed by atoms with E-state index in [0.29, 0.717) is 0 Å². The van der Waals surface area contributed by atoms with E-state index in [9.17, 15) is 0 Å². The van der Waals surface area contributed by atoms with Gasteiger partial charge in [-0.1, -0.05) is 20.8 Å². The van der Waals surface area contributed by atoms with E-state index in [-0.39, 0.29) is 11.5 Å². The molecular weight excluding hydrogens is 188 g/mol. The molecular formula is C11H22N4. The average molecular weight is 210 g/mol. The van der Waals surface area contributed by atoms with Gasteiger partial charge in [-0.3, -0.25) is 11.3 Å². The Kier molecular flexibility index (Phi) is 3.88. The van der Waals surface area contributed by atoms with Gasteiger partial charge in [0.05, 0.1) is 0 Å². The summed E-state index contributed by atoms with van der Waals surface area (Å²) in [5.74, 6) is 6.63. The van der Waals surface area contributed by atoms with Crippen molar-refractivity contribution in [3.63, 3.8) is 0 Å². The van der Waals surface area contributed by atoms with Gasteiger partial charge in [-0.05, 0) is 11.8 Å². The van der Waals surface area contributed by atoms with Crippen molar-refractivity contribution in [3.8, 4) is 0 Å². The molecule has 0 spiro atoms. The molecule has 15 heavy (non-hydrogen) atoms. The Morgan fingerprint density at radius 2 is 2.20 bits per heavy atom. The lowest BCUT2D eigenvalue weighted by Gasteiger charge is -2.25. The summed E-state index contributed by atoms with van der Waals surface area (Å²) >= 11 is 0. The molecule has 0 aliphatic heterocycles. The van der Waals surface area contributed by atoms with Gasteiger partial charge in [0.25, 0.3) is 0 Å². The quantitative estimate of drug-likeness (QED) is 0.580. The first-order valence-electron chi connectivity index (χ1n) is 5.35. The molecule has 3 N–H and O–H groups in total. The molecule has 4 nitrogen and oxygen atoms in total. The first kappa shape index (κ1) is 12.2. The van der Waals surface area contributed by atoms with E-state index in [1.165, 1.54) is 0 Å². The number of rotatable bonds is 4. The van der Waals surface area contributed by atoms with Crippen LogP contribution in [0.2, 0.25) is 0 Å². The first-order chi connectivity index (χ1) is 6.92. The Hall–Kier alpha value is -0.870. The second-order valence-electron chi connectivity index (χ2n) is 5.29. The molecule has 1 atom stereocenters. The van der Waals surface area contributed by atoms with Gasteiger partial charge in [-0.15, -0.1) is 0 Å². The van der Waals surface area contributed by atoms with Crippen LogP contribution in [0.3, 0.4) is 0 Å². The molecule has 4 heteroatoms. The van der Waals surface area contributed by atoms with Crippen LogP contribution in [0.4, 0.5) is 0 Å². The molecule has 0 bridgehead atoms. The van der Waals surface area contributed by atoms with Crippen LogP contribution in [0.25, 0.3) is 0 Å². The van der Waals surface area contributed by atoms with E-state index < -0.39 is 0 Å². The van der Waals surface area contributed by atoms with E-state index in [1.807, 2.05) is 24.0 Å². The lowest BCUT2D eigenvalue weighted by atomic mass is 9.87. The number of hydrogen-bond donors (Lipinski definition) is 2. The van der Waals surface area contributed by atoms with Gasteiger partial charge in [-0.25, -0.2) is 4.98 Å². The van der Waals surface area contributed by atoms with E-state index in [1.54, 1.807) is 0 Å². The van der Waals surface area contributed by atoms with Gasteiger partial charge < -0.3 is 4.57 Å². The molecule has 0 radical (unpaired) electrons. The predicted octanol–water partition coefficient (Wildman–Crippen LogP) is 1.23. The topological polar surface area (TPSA) is 55.9 Å². The van der Waals surface area contributed by atoms with Gasteiger partial charge in [-0.2, -0.15) is 0 Å². The highest BCUT2D eigenvalue weighted by Gasteiger charge is 2.19.